The van der Waals surface area contributed by atoms with Crippen LogP contribution in [0.2, 0.25) is 0 Å². The first-order chi connectivity index (χ1) is 16.2. The van der Waals surface area contributed by atoms with Crippen molar-refractivity contribution in [3.63, 3.8) is 0 Å². The zero-order chi connectivity index (χ0) is 22.6. The van der Waals surface area contributed by atoms with Crippen molar-refractivity contribution in [2.75, 3.05) is 13.1 Å². The van der Waals surface area contributed by atoms with Crippen molar-refractivity contribution in [2.24, 2.45) is 9.98 Å². The van der Waals surface area contributed by atoms with E-state index in [1.165, 1.54) is 42.2 Å². The second-order valence-corrected chi connectivity index (χ2v) is 8.96. The van der Waals surface area contributed by atoms with Crippen LogP contribution in [0.1, 0.15) is 67.7 Å². The van der Waals surface area contributed by atoms with Gasteiger partial charge in [-0.1, -0.05) is 36.4 Å². The molecule has 5 rings (SSSR count). The number of aliphatic imine (C=N–C) groups is 2. The van der Waals surface area contributed by atoms with Crippen molar-refractivity contribution < 1.29 is 8.78 Å². The monoisotopic (exact) mass is 445 g/mol. The van der Waals surface area contributed by atoms with E-state index in [1.807, 2.05) is 0 Å². The maximum absolute atomic E-state index is 14.2. The molecular formula is C28H29F2N3. The van der Waals surface area contributed by atoms with Gasteiger partial charge in [-0.15, -0.1) is 0 Å². The third kappa shape index (κ3) is 4.82. The van der Waals surface area contributed by atoms with E-state index in [-0.39, 0.29) is 11.6 Å². The standard InChI is InChI=1S/C28H29F2N3/c29-23-7-5-8-24(30)28(23)26-15-14-25(32-26)22-11-9-21(10-12-22)20-6-1-2-17-31-27(16-13-20)33-18-3-4-19-33/h5,7-13,16-17,25H,1-4,6,14-15,18-19H2/b20-13+,27-16+,31-17-. The summed E-state index contributed by atoms with van der Waals surface area (Å²) in [5, 5.41) is 0. The summed E-state index contributed by atoms with van der Waals surface area (Å²) >= 11 is 0. The summed E-state index contributed by atoms with van der Waals surface area (Å²) in [6.45, 7) is 2.17. The molecule has 1 fully saturated rings. The van der Waals surface area contributed by atoms with E-state index in [9.17, 15) is 8.78 Å². The Morgan fingerprint density at radius 3 is 2.36 bits per heavy atom. The van der Waals surface area contributed by atoms with Gasteiger partial charge < -0.3 is 4.90 Å². The molecule has 0 saturated carbocycles. The van der Waals surface area contributed by atoms with Gasteiger partial charge in [0.25, 0.3) is 0 Å². The maximum Gasteiger partial charge on any atom is 0.135 e. The minimum Gasteiger partial charge on any atom is -0.357 e. The molecule has 33 heavy (non-hydrogen) atoms. The molecule has 0 bridgehead atoms. The van der Waals surface area contributed by atoms with Crippen molar-refractivity contribution in [1.82, 2.24) is 4.90 Å². The molecule has 0 aliphatic carbocycles. The van der Waals surface area contributed by atoms with Gasteiger partial charge in [0.15, 0.2) is 0 Å². The van der Waals surface area contributed by atoms with Gasteiger partial charge in [0.2, 0.25) is 0 Å². The molecule has 2 aromatic rings. The molecule has 2 aromatic carbocycles. The number of benzene rings is 2. The lowest BCUT2D eigenvalue weighted by molar-refractivity contribution is 0.423. The molecule has 0 amide bonds. The topological polar surface area (TPSA) is 28.0 Å². The molecule has 5 heteroatoms. The molecule has 170 valence electrons. The number of rotatable bonds is 4. The van der Waals surface area contributed by atoms with E-state index in [0.717, 1.165) is 50.2 Å². The number of hydrogen-bond donors (Lipinski definition) is 0. The molecule has 3 nitrogen and oxygen atoms in total. The van der Waals surface area contributed by atoms with Gasteiger partial charge in [-0.2, -0.15) is 0 Å². The third-order valence-corrected chi connectivity index (χ3v) is 6.75. The first-order valence-electron chi connectivity index (χ1n) is 12.0. The smallest absolute Gasteiger partial charge is 0.135 e. The highest BCUT2D eigenvalue weighted by atomic mass is 19.1. The van der Waals surface area contributed by atoms with Crippen LogP contribution in [0.4, 0.5) is 8.78 Å². The summed E-state index contributed by atoms with van der Waals surface area (Å²) < 4.78 is 28.3. The van der Waals surface area contributed by atoms with Crippen LogP contribution >= 0.6 is 0 Å². The van der Waals surface area contributed by atoms with Crippen LogP contribution in [-0.2, 0) is 0 Å². The Bertz CT molecular complexity index is 1100. The SMILES string of the molecule is Fc1cccc(F)c1C1=NC(c2ccc(/C3=C/C=C(N4CCCC4)\N=C/CCC3)cc2)CC1. The Hall–Kier alpha value is -3.08. The van der Waals surface area contributed by atoms with E-state index < -0.39 is 11.6 Å². The van der Waals surface area contributed by atoms with Crippen LogP contribution in [0.25, 0.3) is 5.57 Å². The predicted octanol–water partition coefficient (Wildman–Crippen LogP) is 6.86. The van der Waals surface area contributed by atoms with Crippen LogP contribution in [0.5, 0.6) is 0 Å². The second kappa shape index (κ2) is 9.82. The summed E-state index contributed by atoms with van der Waals surface area (Å²) in [7, 11) is 0. The Balaban J connectivity index is 1.36. The largest absolute Gasteiger partial charge is 0.357 e. The van der Waals surface area contributed by atoms with Crippen molar-refractivity contribution in [3.8, 4) is 0 Å². The van der Waals surface area contributed by atoms with Gasteiger partial charge in [-0.25, -0.2) is 13.8 Å². The molecule has 3 heterocycles. The highest BCUT2D eigenvalue weighted by molar-refractivity contribution is 6.02. The van der Waals surface area contributed by atoms with E-state index in [1.54, 1.807) is 0 Å². The molecule has 0 radical (unpaired) electrons. The molecular weight excluding hydrogens is 416 g/mol. The molecule has 1 saturated heterocycles. The van der Waals surface area contributed by atoms with Crippen LogP contribution in [0.3, 0.4) is 0 Å². The number of likely N-dealkylation sites (tertiary alicyclic amines) is 1. The van der Waals surface area contributed by atoms with Gasteiger partial charge in [-0.05, 0) is 79.9 Å². The lowest BCUT2D eigenvalue weighted by Crippen LogP contribution is -2.17. The Morgan fingerprint density at radius 2 is 1.61 bits per heavy atom. The minimum absolute atomic E-state index is 0.0233. The van der Waals surface area contributed by atoms with Crippen molar-refractivity contribution in [3.05, 3.63) is 88.8 Å². The zero-order valence-electron chi connectivity index (χ0n) is 18.8. The Labute approximate surface area is 194 Å². The summed E-state index contributed by atoms with van der Waals surface area (Å²) in [4.78, 5) is 11.8. The van der Waals surface area contributed by atoms with Gasteiger partial charge in [0, 0.05) is 25.0 Å². The summed E-state index contributed by atoms with van der Waals surface area (Å²) in [6, 6.07) is 12.4. The normalized spacial score (nSPS) is 25.3. The average Bonchev–Trinajstić information content (AvgIpc) is 3.53. The van der Waals surface area contributed by atoms with Crippen LogP contribution in [0.15, 0.2) is 70.4 Å². The Kier molecular flexibility index (Phi) is 6.47. The van der Waals surface area contributed by atoms with E-state index in [0.29, 0.717) is 12.1 Å². The van der Waals surface area contributed by atoms with Gasteiger partial charge in [0.05, 0.1) is 11.6 Å². The summed E-state index contributed by atoms with van der Waals surface area (Å²) in [5.41, 5.74) is 4.16. The lowest BCUT2D eigenvalue weighted by Gasteiger charge is -2.17. The molecule has 3 aliphatic heterocycles. The number of halogens is 2. The number of allylic oxidation sites excluding steroid dienone is 3. The molecule has 0 aromatic heterocycles. The van der Waals surface area contributed by atoms with E-state index in [2.05, 4.69) is 52.5 Å². The van der Waals surface area contributed by atoms with Gasteiger partial charge in [0.1, 0.15) is 17.5 Å². The molecule has 1 atom stereocenters. The average molecular weight is 446 g/mol. The minimum atomic E-state index is -0.540. The molecule has 1 unspecified atom stereocenters. The first-order valence-corrected chi connectivity index (χ1v) is 12.0. The Morgan fingerprint density at radius 1 is 0.848 bits per heavy atom. The maximum atomic E-state index is 14.2. The quantitative estimate of drug-likeness (QED) is 0.505. The predicted molar refractivity (Wildman–Crippen MR) is 131 cm³/mol. The van der Waals surface area contributed by atoms with Crippen molar-refractivity contribution in [2.45, 2.75) is 51.0 Å². The van der Waals surface area contributed by atoms with Crippen LogP contribution in [-0.4, -0.2) is 29.9 Å². The second-order valence-electron chi connectivity index (χ2n) is 8.96. The molecule has 0 N–H and O–H groups in total. The van der Waals surface area contributed by atoms with E-state index in [4.69, 9.17) is 4.99 Å². The lowest BCUT2D eigenvalue weighted by atomic mass is 9.96. The highest BCUT2D eigenvalue weighted by Crippen LogP contribution is 2.33. The fourth-order valence-electron chi connectivity index (χ4n) is 4.93. The molecule has 3 aliphatic rings. The van der Waals surface area contributed by atoms with E-state index >= 15 is 0 Å². The third-order valence-electron chi connectivity index (χ3n) is 6.75. The van der Waals surface area contributed by atoms with Gasteiger partial charge in [-0.3, -0.25) is 4.99 Å². The molecule has 0 spiro atoms. The fraction of sp³-hybridized carbons (Fsp3) is 0.357. The fourth-order valence-corrected chi connectivity index (χ4v) is 4.93. The number of nitrogens with zero attached hydrogens (tertiary/aromatic N) is 3. The number of hydrogen-bond acceptors (Lipinski definition) is 3. The summed E-state index contributed by atoms with van der Waals surface area (Å²) in [6.07, 6.45) is 13.3. The van der Waals surface area contributed by atoms with Crippen LogP contribution < -0.4 is 0 Å². The van der Waals surface area contributed by atoms with Crippen molar-refractivity contribution >= 4 is 17.5 Å². The van der Waals surface area contributed by atoms with Crippen molar-refractivity contribution in [1.29, 1.82) is 0 Å². The first kappa shape index (κ1) is 21.7. The zero-order valence-corrected chi connectivity index (χ0v) is 18.8. The van der Waals surface area contributed by atoms with Crippen LogP contribution in [0, 0.1) is 11.6 Å². The highest BCUT2D eigenvalue weighted by Gasteiger charge is 2.24. The van der Waals surface area contributed by atoms with Gasteiger partial charge >= 0.3 is 0 Å². The summed E-state index contributed by atoms with van der Waals surface area (Å²) in [5.74, 6) is -0.0128.